The van der Waals surface area contributed by atoms with Gasteiger partial charge < -0.3 is 5.73 Å². The minimum atomic E-state index is 0.652. The highest BCUT2D eigenvalue weighted by Gasteiger charge is 2.08. The van der Waals surface area contributed by atoms with Gasteiger partial charge in [-0.2, -0.15) is 5.10 Å². The molecule has 2 aromatic carbocycles. The molecule has 4 heteroatoms. The van der Waals surface area contributed by atoms with Gasteiger partial charge in [0.15, 0.2) is 0 Å². The predicted molar refractivity (Wildman–Crippen MR) is 90.1 cm³/mol. The van der Waals surface area contributed by atoms with Crippen molar-refractivity contribution in [1.82, 2.24) is 9.78 Å². The molecule has 1 heterocycles. The molecule has 0 bridgehead atoms. The van der Waals surface area contributed by atoms with E-state index in [1.54, 1.807) is 0 Å². The first kappa shape index (κ1) is 13.9. The average Bonchev–Trinajstić information content (AvgIpc) is 2.83. The summed E-state index contributed by atoms with van der Waals surface area (Å²) in [6.45, 7) is 2.72. The quantitative estimate of drug-likeness (QED) is 0.773. The van der Waals surface area contributed by atoms with Crippen molar-refractivity contribution in [2.75, 3.05) is 5.73 Å². The summed E-state index contributed by atoms with van der Waals surface area (Å²) in [6, 6.07) is 18.3. The van der Waals surface area contributed by atoms with Gasteiger partial charge in [0.25, 0.3) is 0 Å². The molecule has 0 radical (unpaired) electrons. The van der Waals surface area contributed by atoms with E-state index in [0.717, 1.165) is 21.3 Å². The Kier molecular flexibility index (Phi) is 3.80. The number of aryl methyl sites for hydroxylation is 1. The van der Waals surface area contributed by atoms with E-state index in [-0.39, 0.29) is 0 Å². The smallest absolute Gasteiger partial charge is 0.122 e. The number of halogens is 1. The normalized spacial score (nSPS) is 10.8. The molecule has 106 valence electrons. The Morgan fingerprint density at radius 2 is 1.81 bits per heavy atom. The molecule has 0 atom stereocenters. The van der Waals surface area contributed by atoms with Crippen LogP contribution in [0.15, 0.2) is 59.1 Å². The summed E-state index contributed by atoms with van der Waals surface area (Å²) in [4.78, 5) is 0. The van der Waals surface area contributed by atoms with Crippen LogP contribution in [0.3, 0.4) is 0 Å². The minimum Gasteiger partial charge on any atom is -0.384 e. The molecule has 3 rings (SSSR count). The zero-order valence-electron chi connectivity index (χ0n) is 11.8. The Morgan fingerprint density at radius 1 is 1.10 bits per heavy atom. The van der Waals surface area contributed by atoms with Gasteiger partial charge >= 0.3 is 0 Å². The number of aromatic nitrogens is 2. The van der Waals surface area contributed by atoms with Crippen LogP contribution < -0.4 is 5.73 Å². The van der Waals surface area contributed by atoms with E-state index in [4.69, 9.17) is 5.73 Å². The molecule has 0 unspecified atom stereocenters. The Labute approximate surface area is 132 Å². The number of benzene rings is 2. The number of nitrogens with two attached hydrogens (primary N) is 1. The average molecular weight is 342 g/mol. The Balaban J connectivity index is 1.91. The van der Waals surface area contributed by atoms with Gasteiger partial charge in [0.1, 0.15) is 5.82 Å². The van der Waals surface area contributed by atoms with Crippen molar-refractivity contribution in [1.29, 1.82) is 0 Å². The molecular weight excluding hydrogens is 326 g/mol. The van der Waals surface area contributed by atoms with Crippen LogP contribution in [-0.4, -0.2) is 9.78 Å². The highest BCUT2D eigenvalue weighted by atomic mass is 79.9. The molecule has 1 aromatic heterocycles. The lowest BCUT2D eigenvalue weighted by molar-refractivity contribution is 0.698. The van der Waals surface area contributed by atoms with Gasteiger partial charge in [0.05, 0.1) is 12.2 Å². The van der Waals surface area contributed by atoms with Crippen LogP contribution in [0.5, 0.6) is 0 Å². The zero-order chi connectivity index (χ0) is 14.8. The van der Waals surface area contributed by atoms with Gasteiger partial charge in [-0.15, -0.1) is 0 Å². The summed E-state index contributed by atoms with van der Waals surface area (Å²) in [5.74, 6) is 0.668. The van der Waals surface area contributed by atoms with Gasteiger partial charge in [0.2, 0.25) is 0 Å². The molecule has 0 amide bonds. The lowest BCUT2D eigenvalue weighted by Gasteiger charge is -2.06. The fourth-order valence-electron chi connectivity index (χ4n) is 2.21. The van der Waals surface area contributed by atoms with Gasteiger partial charge in [-0.1, -0.05) is 64.0 Å². The largest absolute Gasteiger partial charge is 0.384 e. The molecule has 0 spiro atoms. The first-order valence-electron chi connectivity index (χ1n) is 6.77. The van der Waals surface area contributed by atoms with Crippen molar-refractivity contribution in [3.63, 3.8) is 0 Å². The Hall–Kier alpha value is -2.07. The van der Waals surface area contributed by atoms with Crippen molar-refractivity contribution in [3.05, 3.63) is 70.2 Å². The number of nitrogens with zero attached hydrogens (tertiary/aromatic N) is 2. The first-order chi connectivity index (χ1) is 10.1. The van der Waals surface area contributed by atoms with E-state index in [0.29, 0.717) is 12.4 Å². The standard InChI is InChI=1S/C17H16BrN3/c1-12-6-8-13(9-7-12)16-10-17(19)21(20-16)11-14-4-2-3-5-15(14)18/h2-10H,11,19H2,1H3. The van der Waals surface area contributed by atoms with E-state index in [1.807, 2.05) is 28.9 Å². The first-order valence-corrected chi connectivity index (χ1v) is 7.56. The number of nitrogen functional groups attached to an aromatic ring is 1. The highest BCUT2D eigenvalue weighted by molar-refractivity contribution is 9.10. The van der Waals surface area contributed by atoms with Crippen LogP contribution >= 0.6 is 15.9 Å². The van der Waals surface area contributed by atoms with E-state index in [2.05, 4.69) is 58.3 Å². The van der Waals surface area contributed by atoms with Crippen LogP contribution in [0.25, 0.3) is 11.3 Å². The predicted octanol–water partition coefficient (Wildman–Crippen LogP) is 4.25. The monoisotopic (exact) mass is 341 g/mol. The van der Waals surface area contributed by atoms with Crippen LogP contribution in [0.2, 0.25) is 0 Å². The maximum absolute atomic E-state index is 6.09. The number of hydrogen-bond donors (Lipinski definition) is 1. The Bertz CT molecular complexity index is 760. The lowest BCUT2D eigenvalue weighted by atomic mass is 10.1. The summed E-state index contributed by atoms with van der Waals surface area (Å²) in [5.41, 5.74) is 10.5. The molecule has 0 saturated heterocycles. The molecular formula is C17H16BrN3. The van der Waals surface area contributed by atoms with Gasteiger partial charge in [-0.25, -0.2) is 4.68 Å². The molecule has 3 aromatic rings. The number of hydrogen-bond acceptors (Lipinski definition) is 2. The number of rotatable bonds is 3. The summed E-state index contributed by atoms with van der Waals surface area (Å²) in [6.07, 6.45) is 0. The van der Waals surface area contributed by atoms with Gasteiger partial charge in [-0.05, 0) is 18.6 Å². The fourth-order valence-corrected chi connectivity index (χ4v) is 2.62. The summed E-state index contributed by atoms with van der Waals surface area (Å²) < 4.78 is 2.90. The maximum atomic E-state index is 6.09. The van der Waals surface area contributed by atoms with Gasteiger partial charge in [-0.3, -0.25) is 0 Å². The molecule has 0 aliphatic rings. The summed E-state index contributed by atoms with van der Waals surface area (Å²) in [7, 11) is 0. The van der Waals surface area contributed by atoms with Crippen LogP contribution in [-0.2, 0) is 6.54 Å². The molecule has 0 aliphatic carbocycles. The highest BCUT2D eigenvalue weighted by Crippen LogP contribution is 2.23. The second-order valence-corrected chi connectivity index (χ2v) is 5.92. The number of anilines is 1. The Morgan fingerprint density at radius 3 is 2.52 bits per heavy atom. The minimum absolute atomic E-state index is 0.652. The van der Waals surface area contributed by atoms with E-state index < -0.39 is 0 Å². The second kappa shape index (κ2) is 5.74. The van der Waals surface area contributed by atoms with Crippen molar-refractivity contribution < 1.29 is 0 Å². The zero-order valence-corrected chi connectivity index (χ0v) is 13.3. The third-order valence-electron chi connectivity index (χ3n) is 3.44. The third kappa shape index (κ3) is 3.00. The van der Waals surface area contributed by atoms with Crippen LogP contribution in [0.4, 0.5) is 5.82 Å². The topological polar surface area (TPSA) is 43.8 Å². The maximum Gasteiger partial charge on any atom is 0.122 e. The van der Waals surface area contributed by atoms with Crippen molar-refractivity contribution >= 4 is 21.7 Å². The van der Waals surface area contributed by atoms with Crippen LogP contribution in [0.1, 0.15) is 11.1 Å². The summed E-state index contributed by atoms with van der Waals surface area (Å²) >= 11 is 3.56. The fraction of sp³-hybridized carbons (Fsp3) is 0.118. The molecule has 2 N–H and O–H groups in total. The molecule has 3 nitrogen and oxygen atoms in total. The third-order valence-corrected chi connectivity index (χ3v) is 4.21. The van der Waals surface area contributed by atoms with E-state index in [1.165, 1.54) is 5.56 Å². The molecule has 0 fully saturated rings. The summed E-state index contributed by atoms with van der Waals surface area (Å²) in [5, 5.41) is 4.62. The van der Waals surface area contributed by atoms with E-state index >= 15 is 0 Å². The molecule has 0 aliphatic heterocycles. The second-order valence-electron chi connectivity index (χ2n) is 5.07. The van der Waals surface area contributed by atoms with E-state index in [9.17, 15) is 0 Å². The lowest BCUT2D eigenvalue weighted by Crippen LogP contribution is -2.06. The van der Waals surface area contributed by atoms with Crippen molar-refractivity contribution in [3.8, 4) is 11.3 Å². The van der Waals surface area contributed by atoms with Crippen molar-refractivity contribution in [2.24, 2.45) is 0 Å². The molecule has 21 heavy (non-hydrogen) atoms. The van der Waals surface area contributed by atoms with Gasteiger partial charge in [0, 0.05) is 16.1 Å². The molecule has 0 saturated carbocycles. The van der Waals surface area contributed by atoms with Crippen LogP contribution in [0, 0.1) is 6.92 Å². The van der Waals surface area contributed by atoms with Crippen molar-refractivity contribution in [2.45, 2.75) is 13.5 Å². The SMILES string of the molecule is Cc1ccc(-c2cc(N)n(Cc3ccccc3Br)n2)cc1.